The lowest BCUT2D eigenvalue weighted by molar-refractivity contribution is 0.336. The molecule has 19 heavy (non-hydrogen) atoms. The van der Waals surface area contributed by atoms with Gasteiger partial charge in [-0.05, 0) is 18.2 Å². The number of hydrogen-bond acceptors (Lipinski definition) is 3. The van der Waals surface area contributed by atoms with Crippen molar-refractivity contribution in [1.82, 2.24) is 0 Å². The van der Waals surface area contributed by atoms with E-state index in [0.717, 1.165) is 0 Å². The molecule has 0 amide bonds. The fourth-order valence-corrected chi connectivity index (χ4v) is 8.31. The first kappa shape index (κ1) is 17.7. The molecule has 0 bridgehead atoms. The predicted octanol–water partition coefficient (Wildman–Crippen LogP) is 5.86. The van der Waals surface area contributed by atoms with Crippen LogP contribution >= 0.6 is 52.8 Å². The van der Waals surface area contributed by atoms with Crippen molar-refractivity contribution in [3.63, 3.8) is 0 Å². The molecule has 0 aliphatic carbocycles. The molecule has 0 radical (unpaired) electrons. The molecule has 0 aromatic heterocycles. The van der Waals surface area contributed by atoms with Gasteiger partial charge < -0.3 is 4.52 Å². The smallest absolute Gasteiger partial charge is 0.285 e. The van der Waals surface area contributed by atoms with Gasteiger partial charge >= 0.3 is 0 Å². The second-order valence-corrected chi connectivity index (χ2v) is 10.6. The Morgan fingerprint density at radius 1 is 1.32 bits per heavy atom. The molecule has 1 aromatic carbocycles. The highest BCUT2D eigenvalue weighted by molar-refractivity contribution is 8.57. The van der Waals surface area contributed by atoms with Gasteiger partial charge in [0.25, 0.3) is 6.57 Å². The third-order valence-corrected chi connectivity index (χ3v) is 10.5. The number of benzene rings is 1. The summed E-state index contributed by atoms with van der Waals surface area (Å²) < 4.78 is 17.1. The van der Waals surface area contributed by atoms with Crippen molar-refractivity contribution < 1.29 is 9.09 Å². The molecule has 2 atom stereocenters. The van der Waals surface area contributed by atoms with E-state index < -0.39 is 16.0 Å². The summed E-state index contributed by atoms with van der Waals surface area (Å²) in [6, 6.07) is 8.96. The molecule has 0 saturated heterocycles. The molecule has 1 rings (SSSR count). The van der Waals surface area contributed by atoms with Crippen LogP contribution in [0, 0.1) is 0 Å². The maximum Gasteiger partial charge on any atom is 0.285 e. The molecule has 0 saturated carbocycles. The van der Waals surface area contributed by atoms with E-state index in [2.05, 4.69) is 0 Å². The second-order valence-electron chi connectivity index (χ2n) is 3.67. The summed E-state index contributed by atoms with van der Waals surface area (Å²) in [6.07, 6.45) is 0. The van der Waals surface area contributed by atoms with Crippen LogP contribution in [0.15, 0.2) is 30.3 Å². The molecule has 0 heterocycles. The van der Waals surface area contributed by atoms with Gasteiger partial charge in [0.05, 0.1) is 6.61 Å². The summed E-state index contributed by atoms with van der Waals surface area (Å²) >= 11 is 19.8. The molecule has 7 heteroatoms. The molecule has 0 spiro atoms. The molecular weight excluding hydrogens is 346 g/mol. The zero-order valence-corrected chi connectivity index (χ0v) is 14.7. The van der Waals surface area contributed by atoms with Crippen LogP contribution in [0.3, 0.4) is 0 Å². The Morgan fingerprint density at radius 3 is 2.32 bits per heavy atom. The monoisotopic (exact) mass is 360 g/mol. The standard InChI is InChI=1S/C12H16Cl3O2PS/c1-3-17-18(16,19-4-2)12(15,11(13)14)10-8-6-5-7-9-10/h5-9,11H,3-4H2,1-2H3. The Hall–Kier alpha value is 0.630. The Morgan fingerprint density at radius 2 is 1.89 bits per heavy atom. The summed E-state index contributed by atoms with van der Waals surface area (Å²) in [7, 11) is 0. The van der Waals surface area contributed by atoms with Crippen molar-refractivity contribution in [2.45, 2.75) is 23.3 Å². The molecule has 2 nitrogen and oxygen atoms in total. The maximum absolute atomic E-state index is 13.1. The third-order valence-electron chi connectivity index (χ3n) is 2.46. The molecule has 108 valence electrons. The first-order valence-electron chi connectivity index (χ1n) is 5.84. The molecule has 0 N–H and O–H groups in total. The van der Waals surface area contributed by atoms with Crippen molar-refractivity contribution in [3.8, 4) is 0 Å². The minimum atomic E-state index is -3.30. The molecule has 0 fully saturated rings. The third kappa shape index (κ3) is 3.64. The minimum absolute atomic E-state index is 0.284. The predicted molar refractivity (Wildman–Crippen MR) is 86.8 cm³/mol. The van der Waals surface area contributed by atoms with Gasteiger partial charge in [0.1, 0.15) is 4.84 Å². The van der Waals surface area contributed by atoms with Crippen LogP contribution in [-0.4, -0.2) is 17.2 Å². The van der Waals surface area contributed by atoms with Gasteiger partial charge in [0.15, 0.2) is 4.62 Å². The maximum atomic E-state index is 13.1. The number of alkyl halides is 3. The number of halogens is 3. The number of hydrogen-bond donors (Lipinski definition) is 0. The van der Waals surface area contributed by atoms with Gasteiger partial charge in [-0.2, -0.15) is 0 Å². The van der Waals surface area contributed by atoms with Gasteiger partial charge in [0.2, 0.25) is 0 Å². The Balaban J connectivity index is 3.36. The Bertz CT molecular complexity index is 434. The zero-order chi connectivity index (χ0) is 14.5. The summed E-state index contributed by atoms with van der Waals surface area (Å²) in [5.41, 5.74) is 0.601. The summed E-state index contributed by atoms with van der Waals surface area (Å²) in [5.74, 6) is 0.596. The molecule has 0 aliphatic rings. The first-order chi connectivity index (χ1) is 8.92. The normalized spacial score (nSPS) is 18.0. The van der Waals surface area contributed by atoms with Crippen LogP contribution in [0.2, 0.25) is 0 Å². The van der Waals surface area contributed by atoms with E-state index in [9.17, 15) is 4.57 Å². The lowest BCUT2D eigenvalue weighted by Gasteiger charge is -2.35. The zero-order valence-electron chi connectivity index (χ0n) is 10.7. The van der Waals surface area contributed by atoms with E-state index in [1.165, 1.54) is 11.4 Å². The SMILES string of the molecule is CCOP(=O)(SCC)C(Cl)(c1ccccc1)C(Cl)Cl. The van der Waals surface area contributed by atoms with E-state index in [-0.39, 0.29) is 6.61 Å². The Kier molecular flexibility index (Phi) is 7.06. The van der Waals surface area contributed by atoms with E-state index in [1.807, 2.05) is 13.0 Å². The highest BCUT2D eigenvalue weighted by Crippen LogP contribution is 2.76. The summed E-state index contributed by atoms with van der Waals surface area (Å²) in [6.45, 7) is 0.634. The number of rotatable bonds is 7. The molecule has 1 aromatic rings. The van der Waals surface area contributed by atoms with Crippen molar-refractivity contribution in [3.05, 3.63) is 35.9 Å². The summed E-state index contributed by atoms with van der Waals surface area (Å²) in [4.78, 5) is -1.05. The summed E-state index contributed by atoms with van der Waals surface area (Å²) in [5, 5.41) is 0. The van der Waals surface area contributed by atoms with E-state index in [0.29, 0.717) is 11.3 Å². The van der Waals surface area contributed by atoms with Crippen LogP contribution in [-0.2, 0) is 13.7 Å². The topological polar surface area (TPSA) is 26.3 Å². The highest BCUT2D eigenvalue weighted by Gasteiger charge is 2.54. The minimum Gasteiger partial charge on any atom is -0.320 e. The average molecular weight is 362 g/mol. The van der Waals surface area contributed by atoms with Gasteiger partial charge in [-0.3, -0.25) is 4.57 Å². The van der Waals surface area contributed by atoms with Crippen LogP contribution in [0.4, 0.5) is 0 Å². The van der Waals surface area contributed by atoms with Crippen LogP contribution in [0.25, 0.3) is 0 Å². The van der Waals surface area contributed by atoms with Crippen LogP contribution < -0.4 is 0 Å². The van der Waals surface area contributed by atoms with Crippen molar-refractivity contribution in [1.29, 1.82) is 0 Å². The molecular formula is C12H16Cl3O2PS. The van der Waals surface area contributed by atoms with Gasteiger partial charge in [-0.1, -0.05) is 60.2 Å². The average Bonchev–Trinajstić information content (AvgIpc) is 2.39. The Labute approximate surface area is 133 Å². The fourth-order valence-electron chi connectivity index (χ4n) is 1.64. The van der Waals surface area contributed by atoms with Gasteiger partial charge in [-0.25, -0.2) is 0 Å². The molecule has 0 aliphatic heterocycles. The van der Waals surface area contributed by atoms with Crippen molar-refractivity contribution in [2.75, 3.05) is 12.4 Å². The lowest BCUT2D eigenvalue weighted by Crippen LogP contribution is -2.27. The van der Waals surface area contributed by atoms with Crippen LogP contribution in [0.5, 0.6) is 0 Å². The lowest BCUT2D eigenvalue weighted by atomic mass is 10.1. The van der Waals surface area contributed by atoms with Gasteiger partial charge in [0, 0.05) is 0 Å². The van der Waals surface area contributed by atoms with E-state index >= 15 is 0 Å². The highest BCUT2D eigenvalue weighted by atomic mass is 35.5. The van der Waals surface area contributed by atoms with Crippen molar-refractivity contribution in [2.24, 2.45) is 0 Å². The molecule has 2 unspecified atom stereocenters. The first-order valence-corrected chi connectivity index (χ1v) is 10.3. The fraction of sp³-hybridized carbons (Fsp3) is 0.500. The van der Waals surface area contributed by atoms with Crippen molar-refractivity contribution >= 4 is 52.8 Å². The van der Waals surface area contributed by atoms with E-state index in [1.54, 1.807) is 31.2 Å². The van der Waals surface area contributed by atoms with Crippen LogP contribution in [0.1, 0.15) is 19.4 Å². The second kappa shape index (κ2) is 7.59. The largest absolute Gasteiger partial charge is 0.320 e. The van der Waals surface area contributed by atoms with E-state index in [4.69, 9.17) is 39.3 Å². The van der Waals surface area contributed by atoms with Gasteiger partial charge in [-0.15, -0.1) is 23.2 Å². The quantitative estimate of drug-likeness (QED) is 0.449.